The summed E-state index contributed by atoms with van der Waals surface area (Å²) in [6.45, 7) is 1.86. The molecule has 1 saturated carbocycles. The first-order valence-electron chi connectivity index (χ1n) is 11.2. The van der Waals surface area contributed by atoms with E-state index in [1.54, 1.807) is 27.1 Å². The van der Waals surface area contributed by atoms with Gasteiger partial charge in [0.1, 0.15) is 11.6 Å². The number of rotatable bonds is 10. The molecule has 0 bridgehead atoms. The molecule has 190 valence electrons. The van der Waals surface area contributed by atoms with Crippen molar-refractivity contribution < 1.29 is 27.2 Å². The van der Waals surface area contributed by atoms with Crippen molar-refractivity contribution in [3.05, 3.63) is 58.9 Å². The molecule has 0 aliphatic heterocycles. The minimum Gasteiger partial charge on any atom is -0.366 e. The summed E-state index contributed by atoms with van der Waals surface area (Å²) in [6, 6.07) is 3.82. The van der Waals surface area contributed by atoms with Gasteiger partial charge in [-0.2, -0.15) is 13.2 Å². The SMILES string of the molecule is Cc1cnc([C@H](CC(=O)NC[C@H](Cc2ccc(C(N)=O)c(F)c2)N(C)C)C2(C(F)(F)F)CC2)nc1. The Kier molecular flexibility index (Phi) is 7.78. The van der Waals surface area contributed by atoms with E-state index in [2.05, 4.69) is 15.3 Å². The van der Waals surface area contributed by atoms with Crippen LogP contribution in [0.1, 0.15) is 52.5 Å². The van der Waals surface area contributed by atoms with Gasteiger partial charge in [0, 0.05) is 37.3 Å². The number of nitrogens with zero attached hydrogens (tertiary/aromatic N) is 3. The lowest BCUT2D eigenvalue weighted by Crippen LogP contribution is -2.43. The molecule has 1 heterocycles. The van der Waals surface area contributed by atoms with Crippen LogP contribution in [0.5, 0.6) is 0 Å². The molecule has 7 nitrogen and oxygen atoms in total. The molecule has 1 aliphatic carbocycles. The molecule has 0 radical (unpaired) electrons. The highest BCUT2D eigenvalue weighted by Crippen LogP contribution is 2.65. The van der Waals surface area contributed by atoms with E-state index in [1.165, 1.54) is 24.5 Å². The Morgan fingerprint density at radius 3 is 2.31 bits per heavy atom. The van der Waals surface area contributed by atoms with E-state index in [4.69, 9.17) is 5.73 Å². The molecule has 11 heteroatoms. The number of benzene rings is 1. The monoisotopic (exact) mass is 495 g/mol. The third-order valence-electron chi connectivity index (χ3n) is 6.56. The van der Waals surface area contributed by atoms with E-state index in [0.29, 0.717) is 17.5 Å². The minimum absolute atomic E-state index is 0.00903. The van der Waals surface area contributed by atoms with Crippen LogP contribution in [-0.4, -0.2) is 59.5 Å². The second-order valence-electron chi connectivity index (χ2n) is 9.33. The summed E-state index contributed by atoms with van der Waals surface area (Å²) in [6.07, 6.45) is -1.78. The topological polar surface area (TPSA) is 101 Å². The number of aromatic nitrogens is 2. The van der Waals surface area contributed by atoms with E-state index < -0.39 is 41.6 Å². The molecular weight excluding hydrogens is 466 g/mol. The summed E-state index contributed by atoms with van der Waals surface area (Å²) in [5.74, 6) is -3.33. The third-order valence-corrected chi connectivity index (χ3v) is 6.56. The van der Waals surface area contributed by atoms with E-state index in [1.807, 2.05) is 4.90 Å². The van der Waals surface area contributed by atoms with Crippen LogP contribution in [0, 0.1) is 18.2 Å². The van der Waals surface area contributed by atoms with Gasteiger partial charge in [0.15, 0.2) is 0 Å². The molecule has 0 unspecified atom stereocenters. The van der Waals surface area contributed by atoms with Crippen LogP contribution >= 0.6 is 0 Å². The van der Waals surface area contributed by atoms with Crippen LogP contribution in [-0.2, 0) is 11.2 Å². The van der Waals surface area contributed by atoms with Crippen LogP contribution in [0.4, 0.5) is 17.6 Å². The highest BCUT2D eigenvalue weighted by molar-refractivity contribution is 5.93. The molecule has 2 atom stereocenters. The predicted octanol–water partition coefficient (Wildman–Crippen LogP) is 3.13. The molecule has 3 N–H and O–H groups in total. The van der Waals surface area contributed by atoms with Gasteiger partial charge in [-0.25, -0.2) is 14.4 Å². The summed E-state index contributed by atoms with van der Waals surface area (Å²) in [4.78, 5) is 34.0. The van der Waals surface area contributed by atoms with E-state index in [9.17, 15) is 27.2 Å². The summed E-state index contributed by atoms with van der Waals surface area (Å²) in [5, 5.41) is 2.72. The molecule has 0 saturated heterocycles. The van der Waals surface area contributed by atoms with Crippen molar-refractivity contribution in [2.24, 2.45) is 11.1 Å². The van der Waals surface area contributed by atoms with Crippen LogP contribution in [0.25, 0.3) is 0 Å². The summed E-state index contributed by atoms with van der Waals surface area (Å²) >= 11 is 0. The number of carbonyl (C=O) groups excluding carboxylic acids is 2. The van der Waals surface area contributed by atoms with Gasteiger partial charge in [-0.15, -0.1) is 0 Å². The van der Waals surface area contributed by atoms with Gasteiger partial charge >= 0.3 is 6.18 Å². The fourth-order valence-corrected chi connectivity index (χ4v) is 4.16. The van der Waals surface area contributed by atoms with Crippen LogP contribution in [0.3, 0.4) is 0 Å². The Hall–Kier alpha value is -3.08. The Morgan fingerprint density at radius 1 is 1.20 bits per heavy atom. The lowest BCUT2D eigenvalue weighted by Gasteiger charge is -2.29. The Labute approximate surface area is 201 Å². The average molecular weight is 496 g/mol. The Morgan fingerprint density at radius 2 is 1.83 bits per heavy atom. The third kappa shape index (κ3) is 6.14. The van der Waals surface area contributed by atoms with Gasteiger partial charge in [-0.05, 0) is 63.5 Å². The highest BCUT2D eigenvalue weighted by Gasteiger charge is 2.68. The van der Waals surface area contributed by atoms with Gasteiger partial charge in [0.2, 0.25) is 5.91 Å². The predicted molar refractivity (Wildman–Crippen MR) is 121 cm³/mol. The zero-order chi connectivity index (χ0) is 26.0. The fraction of sp³-hybridized carbons (Fsp3) is 0.500. The van der Waals surface area contributed by atoms with Crippen molar-refractivity contribution in [3.8, 4) is 0 Å². The maximum Gasteiger partial charge on any atom is 0.395 e. The quantitative estimate of drug-likeness (QED) is 0.494. The smallest absolute Gasteiger partial charge is 0.366 e. The van der Waals surface area contributed by atoms with Gasteiger partial charge in [-0.3, -0.25) is 9.59 Å². The zero-order valence-corrected chi connectivity index (χ0v) is 19.8. The van der Waals surface area contributed by atoms with E-state index >= 15 is 0 Å². The number of alkyl halides is 3. The van der Waals surface area contributed by atoms with E-state index in [0.717, 1.165) is 0 Å². The first kappa shape index (κ1) is 26.5. The lowest BCUT2D eigenvalue weighted by molar-refractivity contribution is -0.195. The minimum atomic E-state index is -4.47. The standard InChI is InChI=1S/C24H29F4N5O2/c1-14-11-31-22(32-12-14)18(23(6-7-23)24(26,27)28)10-20(34)30-13-16(33(2)3)8-15-4-5-17(21(29)35)19(25)9-15/h4-5,9,11-12,16,18H,6-8,10,13H2,1-3H3,(H2,29,35)(H,30,34)/t16-,18-/m0/s1. The van der Waals surface area contributed by atoms with Gasteiger partial charge in [0.25, 0.3) is 5.91 Å². The molecule has 1 fully saturated rings. The number of carbonyl (C=O) groups is 2. The number of halogens is 4. The molecule has 35 heavy (non-hydrogen) atoms. The van der Waals surface area contributed by atoms with Crippen molar-refractivity contribution in [2.75, 3.05) is 20.6 Å². The summed E-state index contributed by atoms with van der Waals surface area (Å²) in [7, 11) is 3.55. The van der Waals surface area contributed by atoms with Crippen LogP contribution in [0.2, 0.25) is 0 Å². The number of aryl methyl sites for hydroxylation is 1. The van der Waals surface area contributed by atoms with Gasteiger partial charge in [0.05, 0.1) is 11.0 Å². The first-order valence-corrected chi connectivity index (χ1v) is 11.2. The largest absolute Gasteiger partial charge is 0.395 e. The Bertz CT molecular complexity index is 1070. The number of hydrogen-bond donors (Lipinski definition) is 2. The molecule has 2 amide bonds. The molecule has 2 aromatic rings. The van der Waals surface area contributed by atoms with Crippen LogP contribution in [0.15, 0.2) is 30.6 Å². The number of nitrogens with one attached hydrogen (secondary N) is 1. The molecule has 3 rings (SSSR count). The van der Waals surface area contributed by atoms with Crippen LogP contribution < -0.4 is 11.1 Å². The number of primary amides is 1. The molecule has 1 aromatic heterocycles. The molecule has 1 aliphatic rings. The van der Waals surface area contributed by atoms with Gasteiger partial charge in [-0.1, -0.05) is 6.07 Å². The maximum atomic E-state index is 14.1. The number of hydrogen-bond acceptors (Lipinski definition) is 5. The van der Waals surface area contributed by atoms with Crippen molar-refractivity contribution in [1.82, 2.24) is 20.2 Å². The first-order chi connectivity index (χ1) is 16.3. The van der Waals surface area contributed by atoms with Gasteiger partial charge < -0.3 is 16.0 Å². The zero-order valence-electron chi connectivity index (χ0n) is 19.8. The second-order valence-corrected chi connectivity index (χ2v) is 9.33. The Balaban J connectivity index is 1.70. The van der Waals surface area contributed by atoms with Crippen molar-refractivity contribution >= 4 is 11.8 Å². The molecular formula is C24H29F4N5O2. The summed E-state index contributed by atoms with van der Waals surface area (Å²) < 4.78 is 55.8. The van der Waals surface area contributed by atoms with Crippen molar-refractivity contribution in [1.29, 1.82) is 0 Å². The number of nitrogens with two attached hydrogens (primary N) is 1. The highest BCUT2D eigenvalue weighted by atomic mass is 19.4. The maximum absolute atomic E-state index is 14.1. The average Bonchev–Trinajstić information content (AvgIpc) is 3.57. The summed E-state index contributed by atoms with van der Waals surface area (Å²) in [5.41, 5.74) is 4.21. The molecule has 0 spiro atoms. The number of likely N-dealkylation sites (N-methyl/N-ethyl adjacent to an activating group) is 1. The molecule has 1 aromatic carbocycles. The number of amides is 2. The van der Waals surface area contributed by atoms with E-state index in [-0.39, 0.29) is 36.8 Å². The van der Waals surface area contributed by atoms with Crippen molar-refractivity contribution in [3.63, 3.8) is 0 Å². The second kappa shape index (κ2) is 10.3. The van der Waals surface area contributed by atoms with Crippen molar-refractivity contribution in [2.45, 2.75) is 50.7 Å². The normalized spacial score (nSPS) is 16.6. The lowest BCUT2D eigenvalue weighted by atomic mass is 9.84. The fourth-order valence-electron chi connectivity index (χ4n) is 4.16.